The summed E-state index contributed by atoms with van der Waals surface area (Å²) in [6.07, 6.45) is 1.08. The zero-order chi connectivity index (χ0) is 12.7. The molecule has 4 heteroatoms. The molecular formula is C14H19N3S. The summed E-state index contributed by atoms with van der Waals surface area (Å²) in [5.74, 6) is 0.570. The quantitative estimate of drug-likeness (QED) is 0.903. The first-order valence-electron chi connectivity index (χ1n) is 6.54. The number of anilines is 1. The van der Waals surface area contributed by atoms with E-state index in [1.807, 2.05) is 0 Å². The number of aromatic nitrogens is 1. The first-order valence-corrected chi connectivity index (χ1v) is 7.36. The van der Waals surface area contributed by atoms with E-state index in [0.29, 0.717) is 12.0 Å². The van der Waals surface area contributed by atoms with Gasteiger partial charge in [0.15, 0.2) is 5.13 Å². The molecule has 0 saturated carbocycles. The van der Waals surface area contributed by atoms with E-state index in [9.17, 15) is 0 Å². The molecule has 1 aromatic heterocycles. The van der Waals surface area contributed by atoms with Crippen LogP contribution in [0.25, 0.3) is 10.2 Å². The summed E-state index contributed by atoms with van der Waals surface area (Å²) in [7, 11) is 0. The Balaban J connectivity index is 1.95. The third kappa shape index (κ3) is 2.10. The zero-order valence-electron chi connectivity index (χ0n) is 10.9. The van der Waals surface area contributed by atoms with E-state index < -0.39 is 0 Å². The van der Waals surface area contributed by atoms with Crippen LogP contribution in [0.15, 0.2) is 18.2 Å². The highest BCUT2D eigenvalue weighted by molar-refractivity contribution is 7.22. The van der Waals surface area contributed by atoms with Crippen molar-refractivity contribution in [3.05, 3.63) is 23.8 Å². The Morgan fingerprint density at radius 2 is 2.28 bits per heavy atom. The predicted molar refractivity (Wildman–Crippen MR) is 78.5 cm³/mol. The molecule has 1 fully saturated rings. The predicted octanol–water partition coefficient (Wildman–Crippen LogP) is 2.96. The van der Waals surface area contributed by atoms with E-state index in [1.165, 1.54) is 10.3 Å². The van der Waals surface area contributed by atoms with Crippen molar-refractivity contribution in [2.24, 2.45) is 5.73 Å². The minimum absolute atomic E-state index is 0.309. The van der Waals surface area contributed by atoms with E-state index in [2.05, 4.69) is 36.9 Å². The van der Waals surface area contributed by atoms with Crippen LogP contribution in [0.1, 0.15) is 31.7 Å². The molecule has 2 heterocycles. The topological polar surface area (TPSA) is 42.2 Å². The molecule has 1 unspecified atom stereocenters. The Bertz CT molecular complexity index is 561. The fourth-order valence-electron chi connectivity index (χ4n) is 2.38. The maximum Gasteiger partial charge on any atom is 0.186 e. The van der Waals surface area contributed by atoms with Crippen molar-refractivity contribution < 1.29 is 0 Å². The molecule has 0 amide bonds. The van der Waals surface area contributed by atoms with Crippen LogP contribution in [-0.4, -0.2) is 24.1 Å². The van der Waals surface area contributed by atoms with Crippen LogP contribution in [0.5, 0.6) is 0 Å². The molecule has 2 N–H and O–H groups in total. The van der Waals surface area contributed by atoms with E-state index in [1.54, 1.807) is 11.3 Å². The van der Waals surface area contributed by atoms with E-state index in [4.69, 9.17) is 10.7 Å². The highest BCUT2D eigenvalue weighted by Crippen LogP contribution is 2.32. The van der Waals surface area contributed by atoms with Gasteiger partial charge in [0.25, 0.3) is 0 Å². The van der Waals surface area contributed by atoms with Crippen LogP contribution in [-0.2, 0) is 0 Å². The van der Waals surface area contributed by atoms with Crippen molar-refractivity contribution in [2.45, 2.75) is 32.2 Å². The van der Waals surface area contributed by atoms with Gasteiger partial charge in [-0.1, -0.05) is 31.3 Å². The Labute approximate surface area is 112 Å². The van der Waals surface area contributed by atoms with Crippen molar-refractivity contribution in [1.29, 1.82) is 0 Å². The average Bonchev–Trinajstić information content (AvgIpc) is 2.93. The molecule has 3 nitrogen and oxygen atoms in total. The Kier molecular flexibility index (Phi) is 2.99. The third-order valence-corrected chi connectivity index (χ3v) is 4.64. The van der Waals surface area contributed by atoms with Crippen LogP contribution < -0.4 is 10.6 Å². The second kappa shape index (κ2) is 4.52. The molecule has 96 valence electrons. The van der Waals surface area contributed by atoms with Gasteiger partial charge in [-0.2, -0.15) is 0 Å². The summed E-state index contributed by atoms with van der Waals surface area (Å²) in [6.45, 7) is 6.43. The maximum atomic E-state index is 5.96. The highest BCUT2D eigenvalue weighted by Gasteiger charge is 2.22. The summed E-state index contributed by atoms with van der Waals surface area (Å²) in [5, 5.41) is 1.12. The van der Waals surface area contributed by atoms with Gasteiger partial charge < -0.3 is 10.6 Å². The van der Waals surface area contributed by atoms with Crippen molar-refractivity contribution >= 4 is 26.7 Å². The normalized spacial score (nSPS) is 20.2. The second-order valence-corrected chi connectivity index (χ2v) is 6.38. The number of thiazole rings is 1. The molecule has 1 saturated heterocycles. The number of hydrogen-bond acceptors (Lipinski definition) is 4. The number of rotatable bonds is 2. The van der Waals surface area contributed by atoms with Gasteiger partial charge in [0.2, 0.25) is 0 Å². The second-order valence-electron chi connectivity index (χ2n) is 5.37. The molecule has 2 aromatic rings. The lowest BCUT2D eigenvalue weighted by Crippen LogP contribution is -2.26. The number of nitrogens with zero attached hydrogens (tertiary/aromatic N) is 2. The van der Waals surface area contributed by atoms with Crippen LogP contribution in [0.3, 0.4) is 0 Å². The SMILES string of the molecule is CC(C)c1ccc2nc(N3CCC(N)C3)sc2c1. The first-order chi connectivity index (χ1) is 8.63. The van der Waals surface area contributed by atoms with Crippen LogP contribution in [0, 0.1) is 0 Å². The Morgan fingerprint density at radius 3 is 2.94 bits per heavy atom. The summed E-state index contributed by atoms with van der Waals surface area (Å²) in [6, 6.07) is 6.91. The van der Waals surface area contributed by atoms with Gasteiger partial charge >= 0.3 is 0 Å². The van der Waals surface area contributed by atoms with Crippen molar-refractivity contribution in [3.8, 4) is 0 Å². The minimum atomic E-state index is 0.309. The molecular weight excluding hydrogens is 242 g/mol. The maximum absolute atomic E-state index is 5.96. The number of benzene rings is 1. The number of hydrogen-bond donors (Lipinski definition) is 1. The first kappa shape index (κ1) is 11.9. The summed E-state index contributed by atoms with van der Waals surface area (Å²) in [5.41, 5.74) is 8.45. The lowest BCUT2D eigenvalue weighted by Gasteiger charge is -2.12. The Hall–Kier alpha value is -1.13. The molecule has 1 atom stereocenters. The summed E-state index contributed by atoms with van der Waals surface area (Å²) in [4.78, 5) is 7.03. The van der Waals surface area contributed by atoms with Crippen molar-refractivity contribution in [1.82, 2.24) is 4.98 Å². The molecule has 1 aliphatic rings. The molecule has 3 rings (SSSR count). The highest BCUT2D eigenvalue weighted by atomic mass is 32.1. The van der Waals surface area contributed by atoms with Crippen LogP contribution >= 0.6 is 11.3 Å². The standard InChI is InChI=1S/C14H19N3S/c1-9(2)10-3-4-12-13(7-10)18-14(16-12)17-6-5-11(15)8-17/h3-4,7,9,11H,5-6,8,15H2,1-2H3. The van der Waals surface area contributed by atoms with E-state index >= 15 is 0 Å². The zero-order valence-corrected chi connectivity index (χ0v) is 11.7. The van der Waals surface area contributed by atoms with Gasteiger partial charge in [-0.15, -0.1) is 0 Å². The van der Waals surface area contributed by atoms with E-state index in [-0.39, 0.29) is 0 Å². The van der Waals surface area contributed by atoms with Gasteiger partial charge in [0.05, 0.1) is 10.2 Å². The fraction of sp³-hybridized carbons (Fsp3) is 0.500. The van der Waals surface area contributed by atoms with Crippen molar-refractivity contribution in [3.63, 3.8) is 0 Å². The fourth-order valence-corrected chi connectivity index (χ4v) is 3.43. The average molecular weight is 261 g/mol. The van der Waals surface area contributed by atoms with Gasteiger partial charge in [-0.3, -0.25) is 0 Å². The van der Waals surface area contributed by atoms with Gasteiger partial charge in [-0.05, 0) is 30.0 Å². The lowest BCUT2D eigenvalue weighted by atomic mass is 10.0. The van der Waals surface area contributed by atoms with Gasteiger partial charge in [-0.25, -0.2) is 4.98 Å². The third-order valence-electron chi connectivity index (χ3n) is 3.56. The molecule has 1 aliphatic heterocycles. The number of fused-ring (bicyclic) bond motifs is 1. The van der Waals surface area contributed by atoms with Gasteiger partial charge in [0, 0.05) is 19.1 Å². The van der Waals surface area contributed by atoms with Crippen LogP contribution in [0.4, 0.5) is 5.13 Å². The monoisotopic (exact) mass is 261 g/mol. The lowest BCUT2D eigenvalue weighted by molar-refractivity contribution is 0.752. The molecule has 18 heavy (non-hydrogen) atoms. The molecule has 0 bridgehead atoms. The summed E-state index contributed by atoms with van der Waals surface area (Å²) >= 11 is 1.79. The molecule has 0 spiro atoms. The largest absolute Gasteiger partial charge is 0.346 e. The molecule has 1 aromatic carbocycles. The summed E-state index contributed by atoms with van der Waals surface area (Å²) < 4.78 is 1.29. The number of nitrogens with two attached hydrogens (primary N) is 1. The van der Waals surface area contributed by atoms with E-state index in [0.717, 1.165) is 30.2 Å². The van der Waals surface area contributed by atoms with Gasteiger partial charge in [0.1, 0.15) is 0 Å². The smallest absolute Gasteiger partial charge is 0.186 e. The molecule has 0 radical (unpaired) electrons. The minimum Gasteiger partial charge on any atom is -0.346 e. The molecule has 0 aliphatic carbocycles. The Morgan fingerprint density at radius 1 is 1.44 bits per heavy atom. The van der Waals surface area contributed by atoms with Crippen LogP contribution in [0.2, 0.25) is 0 Å². The van der Waals surface area contributed by atoms with Crippen molar-refractivity contribution in [2.75, 3.05) is 18.0 Å².